The van der Waals surface area contributed by atoms with Crippen LogP contribution in [0.25, 0.3) is 5.65 Å². The van der Waals surface area contributed by atoms with Crippen molar-refractivity contribution < 1.29 is 14.3 Å². The number of anilines is 1. The van der Waals surface area contributed by atoms with Crippen LogP contribution in [0.4, 0.5) is 5.69 Å². The summed E-state index contributed by atoms with van der Waals surface area (Å²) < 4.78 is 6.59. The second-order valence-corrected chi connectivity index (χ2v) is 6.43. The van der Waals surface area contributed by atoms with Gasteiger partial charge in [-0.25, -0.2) is 14.3 Å². The molecule has 0 saturated carbocycles. The third-order valence-electron chi connectivity index (χ3n) is 4.49. The molecule has 0 atom stereocenters. The predicted octanol–water partition coefficient (Wildman–Crippen LogP) is 3.39. The third-order valence-corrected chi connectivity index (χ3v) is 4.49. The number of esters is 1. The number of carbonyl (C=O) groups excluding carboxylic acids is 2. The quantitative estimate of drug-likeness (QED) is 0.715. The lowest BCUT2D eigenvalue weighted by Crippen LogP contribution is -2.15. The first-order valence-corrected chi connectivity index (χ1v) is 8.74. The van der Waals surface area contributed by atoms with Crippen LogP contribution in [-0.2, 0) is 4.74 Å². The summed E-state index contributed by atoms with van der Waals surface area (Å²) in [5.41, 5.74) is 5.17. The average Bonchev–Trinajstić information content (AvgIpc) is 3.03. The molecule has 0 unspecified atom stereocenters. The number of rotatable bonds is 4. The van der Waals surface area contributed by atoms with Gasteiger partial charge in [0.1, 0.15) is 5.56 Å². The SMILES string of the molecule is CCOC(=O)c1c(C)nc2cc(C(=O)Nc3ccc(C)c(C)c3)nn2c1C. The zero-order valence-corrected chi connectivity index (χ0v) is 16.1. The summed E-state index contributed by atoms with van der Waals surface area (Å²) in [6.07, 6.45) is 0. The summed E-state index contributed by atoms with van der Waals surface area (Å²) in [7, 11) is 0. The van der Waals surface area contributed by atoms with Gasteiger partial charge in [0.15, 0.2) is 11.3 Å². The average molecular weight is 366 g/mol. The molecule has 0 aliphatic rings. The van der Waals surface area contributed by atoms with Crippen molar-refractivity contribution in [3.63, 3.8) is 0 Å². The van der Waals surface area contributed by atoms with Gasteiger partial charge in [0.25, 0.3) is 5.91 Å². The van der Waals surface area contributed by atoms with Gasteiger partial charge in [-0.2, -0.15) is 5.10 Å². The van der Waals surface area contributed by atoms with E-state index in [0.29, 0.717) is 28.3 Å². The molecule has 3 aromatic rings. The number of ether oxygens (including phenoxy) is 1. The maximum atomic E-state index is 12.6. The van der Waals surface area contributed by atoms with E-state index in [0.717, 1.165) is 11.1 Å². The Morgan fingerprint density at radius 3 is 2.52 bits per heavy atom. The molecule has 1 aromatic carbocycles. The van der Waals surface area contributed by atoms with Crippen LogP contribution >= 0.6 is 0 Å². The standard InChI is InChI=1S/C20H22N4O3/c1-6-27-20(26)18-13(4)21-17-10-16(23-24(17)14(18)5)19(25)22-15-8-7-11(2)12(3)9-15/h7-10H,6H2,1-5H3,(H,22,25). The predicted molar refractivity (Wildman–Crippen MR) is 102 cm³/mol. The van der Waals surface area contributed by atoms with Gasteiger partial charge in [0.2, 0.25) is 0 Å². The number of nitrogens with one attached hydrogen (secondary N) is 1. The maximum absolute atomic E-state index is 12.6. The Bertz CT molecular complexity index is 1050. The lowest BCUT2D eigenvalue weighted by atomic mass is 10.1. The van der Waals surface area contributed by atoms with Crippen molar-refractivity contribution in [1.82, 2.24) is 14.6 Å². The van der Waals surface area contributed by atoms with E-state index in [4.69, 9.17) is 4.74 Å². The Labute approximate surface area is 157 Å². The molecule has 140 valence electrons. The van der Waals surface area contributed by atoms with Gasteiger partial charge >= 0.3 is 5.97 Å². The normalized spacial score (nSPS) is 10.9. The molecule has 1 N–H and O–H groups in total. The Hall–Kier alpha value is -3.22. The van der Waals surface area contributed by atoms with Crippen molar-refractivity contribution in [3.8, 4) is 0 Å². The summed E-state index contributed by atoms with van der Waals surface area (Å²) in [5, 5.41) is 7.17. The largest absolute Gasteiger partial charge is 0.462 e. The van der Waals surface area contributed by atoms with Crippen molar-refractivity contribution in [2.45, 2.75) is 34.6 Å². The second-order valence-electron chi connectivity index (χ2n) is 6.43. The smallest absolute Gasteiger partial charge is 0.341 e. The van der Waals surface area contributed by atoms with Crippen molar-refractivity contribution in [1.29, 1.82) is 0 Å². The minimum absolute atomic E-state index is 0.226. The zero-order chi connectivity index (χ0) is 19.7. The first-order valence-electron chi connectivity index (χ1n) is 8.74. The highest BCUT2D eigenvalue weighted by molar-refractivity contribution is 6.03. The van der Waals surface area contributed by atoms with Crippen molar-refractivity contribution in [3.05, 3.63) is 58.0 Å². The van der Waals surface area contributed by atoms with Crippen molar-refractivity contribution in [2.75, 3.05) is 11.9 Å². The van der Waals surface area contributed by atoms with Crippen molar-refractivity contribution in [2.24, 2.45) is 0 Å². The van der Waals surface area contributed by atoms with Gasteiger partial charge < -0.3 is 10.1 Å². The summed E-state index contributed by atoms with van der Waals surface area (Å²) in [5.74, 6) is -0.781. The van der Waals surface area contributed by atoms with Gasteiger partial charge in [0, 0.05) is 11.8 Å². The summed E-state index contributed by atoms with van der Waals surface area (Å²) in [6.45, 7) is 9.52. The fourth-order valence-electron chi connectivity index (χ4n) is 2.92. The topological polar surface area (TPSA) is 85.6 Å². The number of hydrogen-bond acceptors (Lipinski definition) is 5. The van der Waals surface area contributed by atoms with Gasteiger partial charge in [-0.1, -0.05) is 6.07 Å². The van der Waals surface area contributed by atoms with E-state index < -0.39 is 5.97 Å². The monoisotopic (exact) mass is 366 g/mol. The number of benzene rings is 1. The maximum Gasteiger partial charge on any atom is 0.341 e. The van der Waals surface area contributed by atoms with Gasteiger partial charge in [-0.05, 0) is 57.9 Å². The lowest BCUT2D eigenvalue weighted by Gasteiger charge is -2.09. The molecule has 0 saturated heterocycles. The number of nitrogens with zero attached hydrogens (tertiary/aromatic N) is 3. The molecule has 0 aliphatic carbocycles. The number of aromatic nitrogens is 3. The van der Waals surface area contributed by atoms with Crippen LogP contribution in [0.3, 0.4) is 0 Å². The molecule has 0 spiro atoms. The van der Waals surface area contributed by atoms with E-state index in [1.165, 1.54) is 4.52 Å². The summed E-state index contributed by atoms with van der Waals surface area (Å²) in [4.78, 5) is 29.2. The highest BCUT2D eigenvalue weighted by Crippen LogP contribution is 2.18. The third kappa shape index (κ3) is 3.53. The Morgan fingerprint density at radius 2 is 1.85 bits per heavy atom. The van der Waals surface area contributed by atoms with Crippen molar-refractivity contribution >= 4 is 23.2 Å². The minimum atomic E-state index is -0.446. The Morgan fingerprint density at radius 1 is 1.11 bits per heavy atom. The van der Waals surface area contributed by atoms with Crippen LogP contribution in [0, 0.1) is 27.7 Å². The first kappa shape index (κ1) is 18.6. The highest BCUT2D eigenvalue weighted by atomic mass is 16.5. The molecule has 0 aliphatic heterocycles. The fourth-order valence-corrected chi connectivity index (χ4v) is 2.92. The van der Waals surface area contributed by atoms with Crippen LogP contribution < -0.4 is 5.32 Å². The highest BCUT2D eigenvalue weighted by Gasteiger charge is 2.20. The molecule has 2 heterocycles. The zero-order valence-electron chi connectivity index (χ0n) is 16.1. The number of amides is 1. The summed E-state index contributed by atoms with van der Waals surface area (Å²) >= 11 is 0. The number of hydrogen-bond donors (Lipinski definition) is 1. The number of carbonyl (C=O) groups is 2. The van der Waals surface area contributed by atoms with E-state index in [1.807, 2.05) is 32.0 Å². The van der Waals surface area contributed by atoms with Crippen LogP contribution in [0.15, 0.2) is 24.3 Å². The van der Waals surface area contributed by atoms with E-state index in [-0.39, 0.29) is 18.2 Å². The Balaban J connectivity index is 1.96. The molecule has 0 radical (unpaired) electrons. The first-order chi connectivity index (χ1) is 12.8. The van der Waals surface area contributed by atoms with Gasteiger partial charge in [-0.15, -0.1) is 0 Å². The van der Waals surface area contributed by atoms with E-state index in [1.54, 1.807) is 26.8 Å². The summed E-state index contributed by atoms with van der Waals surface area (Å²) in [6, 6.07) is 7.32. The molecule has 7 heteroatoms. The fraction of sp³-hybridized carbons (Fsp3) is 0.300. The molecule has 2 aromatic heterocycles. The minimum Gasteiger partial charge on any atom is -0.462 e. The second kappa shape index (κ2) is 7.19. The van der Waals surface area contributed by atoms with Crippen LogP contribution in [0.1, 0.15) is 50.3 Å². The molecule has 0 fully saturated rings. The van der Waals surface area contributed by atoms with Gasteiger partial charge in [-0.3, -0.25) is 4.79 Å². The Kier molecular flexibility index (Phi) is 4.94. The lowest BCUT2D eigenvalue weighted by molar-refractivity contribution is 0.0523. The molecule has 3 rings (SSSR count). The van der Waals surface area contributed by atoms with Crippen LogP contribution in [0.5, 0.6) is 0 Å². The number of fused-ring (bicyclic) bond motifs is 1. The van der Waals surface area contributed by atoms with Gasteiger partial charge in [0.05, 0.1) is 18.0 Å². The molecule has 1 amide bonds. The molecule has 27 heavy (non-hydrogen) atoms. The molecule has 7 nitrogen and oxygen atoms in total. The van der Waals surface area contributed by atoms with E-state index in [9.17, 15) is 9.59 Å². The molecular formula is C20H22N4O3. The van der Waals surface area contributed by atoms with E-state index in [2.05, 4.69) is 15.4 Å². The number of aryl methyl sites for hydroxylation is 4. The van der Waals surface area contributed by atoms with Crippen LogP contribution in [0.2, 0.25) is 0 Å². The molecule has 0 bridgehead atoms. The van der Waals surface area contributed by atoms with Crippen LogP contribution in [-0.4, -0.2) is 33.1 Å². The molecular weight excluding hydrogens is 344 g/mol. The van der Waals surface area contributed by atoms with E-state index >= 15 is 0 Å².